The predicted octanol–water partition coefficient (Wildman–Crippen LogP) is 4.16. The van der Waals surface area contributed by atoms with Crippen LogP contribution in [0.1, 0.15) is 37.9 Å². The molecule has 0 spiro atoms. The Kier molecular flexibility index (Phi) is 6.64. The second kappa shape index (κ2) is 10.2. The largest absolute Gasteiger partial charge is 0.459 e. The Labute approximate surface area is 208 Å². The summed E-state index contributed by atoms with van der Waals surface area (Å²) in [5.41, 5.74) is 4.07. The minimum atomic E-state index is -0.354. The number of hydrogen-bond donors (Lipinski definition) is 1. The molecular weight excluding hydrogens is 458 g/mol. The number of carbonyl (C=O) groups is 2. The Balaban J connectivity index is 1.17. The van der Waals surface area contributed by atoms with E-state index in [1.54, 1.807) is 24.3 Å². The average molecular weight is 486 g/mol. The molecule has 1 N–H and O–H groups in total. The summed E-state index contributed by atoms with van der Waals surface area (Å²) >= 11 is 0. The molecule has 0 atom stereocenters. The molecule has 0 saturated carbocycles. The first kappa shape index (κ1) is 23.5. The fourth-order valence-corrected chi connectivity index (χ4v) is 4.10. The first-order valence-corrected chi connectivity index (χ1v) is 11.8. The maximum absolute atomic E-state index is 13.2. The number of aryl methyl sites for hydroxylation is 2. The van der Waals surface area contributed by atoms with Crippen LogP contribution in [0.15, 0.2) is 69.8 Å². The van der Waals surface area contributed by atoms with Gasteiger partial charge in [-0.15, -0.1) is 0 Å². The Morgan fingerprint density at radius 2 is 1.78 bits per heavy atom. The van der Waals surface area contributed by atoms with Crippen molar-refractivity contribution in [2.45, 2.75) is 20.4 Å². The van der Waals surface area contributed by atoms with Crippen molar-refractivity contribution >= 4 is 17.5 Å². The summed E-state index contributed by atoms with van der Waals surface area (Å²) in [6.07, 6.45) is 1.45. The first-order valence-electron chi connectivity index (χ1n) is 11.8. The number of nitrogens with zero attached hydrogens (tertiary/aromatic N) is 4. The Morgan fingerprint density at radius 1 is 1.00 bits per heavy atom. The topological polar surface area (TPSA) is 105 Å². The van der Waals surface area contributed by atoms with E-state index >= 15 is 0 Å². The van der Waals surface area contributed by atoms with E-state index in [-0.39, 0.29) is 17.6 Å². The van der Waals surface area contributed by atoms with Crippen LogP contribution in [0.3, 0.4) is 0 Å². The molecule has 184 valence electrons. The molecule has 4 aromatic rings. The molecule has 0 unspecified atom stereocenters. The number of benzene rings is 2. The summed E-state index contributed by atoms with van der Waals surface area (Å²) in [4.78, 5) is 34.1. The predicted molar refractivity (Wildman–Crippen MR) is 133 cm³/mol. The minimum absolute atomic E-state index is 0.0670. The zero-order valence-electron chi connectivity index (χ0n) is 20.2. The third-order valence-corrected chi connectivity index (χ3v) is 6.27. The maximum Gasteiger partial charge on any atom is 0.291 e. The van der Waals surface area contributed by atoms with Gasteiger partial charge in [-0.25, -0.2) is 0 Å². The Morgan fingerprint density at radius 3 is 2.50 bits per heavy atom. The van der Waals surface area contributed by atoms with Crippen LogP contribution < -0.4 is 5.32 Å². The minimum Gasteiger partial charge on any atom is -0.459 e. The molecule has 9 nitrogen and oxygen atoms in total. The fraction of sp³-hybridized carbons (Fsp3) is 0.259. The van der Waals surface area contributed by atoms with E-state index in [1.807, 2.05) is 49.1 Å². The highest BCUT2D eigenvalue weighted by atomic mass is 16.5. The number of aromatic nitrogens is 2. The van der Waals surface area contributed by atoms with Crippen molar-refractivity contribution in [2.24, 2.45) is 0 Å². The Bertz CT molecular complexity index is 1350. The van der Waals surface area contributed by atoms with Gasteiger partial charge in [-0.3, -0.25) is 14.5 Å². The quantitative estimate of drug-likeness (QED) is 0.437. The lowest BCUT2D eigenvalue weighted by Crippen LogP contribution is -2.48. The highest BCUT2D eigenvalue weighted by molar-refractivity contribution is 6.04. The first-order chi connectivity index (χ1) is 17.5. The molecule has 2 aromatic carbocycles. The molecule has 3 heterocycles. The SMILES string of the molecule is Cc1ccc(-c2noc(CN3CCN(C(=O)c4ccc(C)c(NC(=O)c5ccco5)c4)CC3)n2)cc1. The molecule has 0 radical (unpaired) electrons. The van der Waals surface area contributed by atoms with E-state index in [0.717, 1.165) is 11.1 Å². The zero-order chi connectivity index (χ0) is 25.1. The van der Waals surface area contributed by atoms with Crippen LogP contribution in [0.4, 0.5) is 5.69 Å². The van der Waals surface area contributed by atoms with Gasteiger partial charge in [0.15, 0.2) is 5.76 Å². The number of amides is 2. The van der Waals surface area contributed by atoms with Gasteiger partial charge in [0, 0.05) is 43.0 Å². The second-order valence-corrected chi connectivity index (χ2v) is 8.91. The lowest BCUT2D eigenvalue weighted by molar-refractivity contribution is 0.0615. The lowest BCUT2D eigenvalue weighted by Gasteiger charge is -2.34. The van der Waals surface area contributed by atoms with Crippen molar-refractivity contribution in [3.05, 3.63) is 89.2 Å². The third kappa shape index (κ3) is 5.21. The second-order valence-electron chi connectivity index (χ2n) is 8.91. The molecule has 2 aromatic heterocycles. The van der Waals surface area contributed by atoms with Gasteiger partial charge in [-0.2, -0.15) is 4.98 Å². The highest BCUT2D eigenvalue weighted by Crippen LogP contribution is 2.21. The van der Waals surface area contributed by atoms with Crippen LogP contribution in [0.2, 0.25) is 0 Å². The van der Waals surface area contributed by atoms with Crippen molar-refractivity contribution in [3.63, 3.8) is 0 Å². The number of piperazine rings is 1. The number of anilines is 1. The average Bonchev–Trinajstić information content (AvgIpc) is 3.59. The van der Waals surface area contributed by atoms with Crippen LogP contribution in [-0.4, -0.2) is 57.9 Å². The molecule has 2 amide bonds. The summed E-state index contributed by atoms with van der Waals surface area (Å²) in [5, 5.41) is 6.93. The number of carbonyl (C=O) groups excluding carboxylic acids is 2. The molecule has 1 aliphatic heterocycles. The van der Waals surface area contributed by atoms with Crippen molar-refractivity contribution in [3.8, 4) is 11.4 Å². The van der Waals surface area contributed by atoms with E-state index in [4.69, 9.17) is 8.94 Å². The molecular formula is C27H27N5O4. The van der Waals surface area contributed by atoms with E-state index in [9.17, 15) is 9.59 Å². The third-order valence-electron chi connectivity index (χ3n) is 6.27. The standard InChI is InChI=1S/C27H27N5O4/c1-18-5-8-20(9-6-18)25-29-24(36-30-25)17-31-11-13-32(14-12-31)27(34)21-10-7-19(2)22(16-21)28-26(33)23-4-3-15-35-23/h3-10,15-16H,11-14,17H2,1-2H3,(H,28,33). The van der Waals surface area contributed by atoms with E-state index < -0.39 is 0 Å². The summed E-state index contributed by atoms with van der Waals surface area (Å²) < 4.78 is 10.6. The van der Waals surface area contributed by atoms with E-state index in [0.29, 0.717) is 55.7 Å². The van der Waals surface area contributed by atoms with Crippen molar-refractivity contribution < 1.29 is 18.5 Å². The van der Waals surface area contributed by atoms with Crippen LogP contribution in [0, 0.1) is 13.8 Å². The van der Waals surface area contributed by atoms with Crippen LogP contribution in [-0.2, 0) is 6.54 Å². The molecule has 1 aliphatic rings. The van der Waals surface area contributed by atoms with Gasteiger partial charge in [0.1, 0.15) is 0 Å². The zero-order valence-corrected chi connectivity index (χ0v) is 20.2. The van der Waals surface area contributed by atoms with E-state index in [2.05, 4.69) is 20.4 Å². The number of furan rings is 1. The van der Waals surface area contributed by atoms with Gasteiger partial charge < -0.3 is 19.2 Å². The van der Waals surface area contributed by atoms with Crippen molar-refractivity contribution in [1.29, 1.82) is 0 Å². The summed E-state index contributed by atoms with van der Waals surface area (Å²) in [6, 6.07) is 16.6. The molecule has 0 aliphatic carbocycles. The monoisotopic (exact) mass is 485 g/mol. The smallest absolute Gasteiger partial charge is 0.291 e. The van der Waals surface area contributed by atoms with Gasteiger partial charge >= 0.3 is 0 Å². The molecule has 36 heavy (non-hydrogen) atoms. The Hall–Kier alpha value is -4.24. The molecule has 1 saturated heterocycles. The fourth-order valence-electron chi connectivity index (χ4n) is 4.10. The number of rotatable bonds is 6. The maximum atomic E-state index is 13.2. The summed E-state index contributed by atoms with van der Waals surface area (Å²) in [7, 11) is 0. The van der Waals surface area contributed by atoms with E-state index in [1.165, 1.54) is 11.8 Å². The van der Waals surface area contributed by atoms with Crippen molar-refractivity contribution in [2.75, 3.05) is 31.5 Å². The van der Waals surface area contributed by atoms with Crippen LogP contribution >= 0.6 is 0 Å². The van der Waals surface area contributed by atoms with Gasteiger partial charge in [0.05, 0.1) is 12.8 Å². The lowest BCUT2D eigenvalue weighted by atomic mass is 10.1. The molecule has 1 fully saturated rings. The number of nitrogens with one attached hydrogen (secondary N) is 1. The van der Waals surface area contributed by atoms with Gasteiger partial charge in [-0.1, -0.05) is 41.1 Å². The summed E-state index contributed by atoms with van der Waals surface area (Å²) in [5.74, 6) is 0.930. The normalized spacial score (nSPS) is 14.1. The summed E-state index contributed by atoms with van der Waals surface area (Å²) in [6.45, 7) is 7.01. The van der Waals surface area contributed by atoms with Crippen LogP contribution in [0.5, 0.6) is 0 Å². The van der Waals surface area contributed by atoms with Crippen molar-refractivity contribution in [1.82, 2.24) is 19.9 Å². The van der Waals surface area contributed by atoms with Gasteiger partial charge in [0.2, 0.25) is 11.7 Å². The van der Waals surface area contributed by atoms with Crippen LogP contribution in [0.25, 0.3) is 11.4 Å². The van der Waals surface area contributed by atoms with Gasteiger partial charge in [-0.05, 0) is 43.7 Å². The molecule has 5 rings (SSSR count). The number of hydrogen-bond acceptors (Lipinski definition) is 7. The molecule has 0 bridgehead atoms. The van der Waals surface area contributed by atoms with Gasteiger partial charge in [0.25, 0.3) is 11.8 Å². The molecule has 9 heteroatoms. The highest BCUT2D eigenvalue weighted by Gasteiger charge is 2.24.